The van der Waals surface area contributed by atoms with Gasteiger partial charge in [0.05, 0.1) is 0 Å². The van der Waals surface area contributed by atoms with Gasteiger partial charge in [0.25, 0.3) is 0 Å². The largest absolute Gasteiger partial charge is 0.265 e. The number of allylic oxidation sites excluding steroid dienone is 1. The molecule has 0 amide bonds. The Morgan fingerprint density at radius 1 is 1.12 bits per heavy atom. The van der Waals surface area contributed by atoms with Gasteiger partial charge in [-0.25, -0.2) is 0 Å². The highest BCUT2D eigenvalue weighted by molar-refractivity contribution is 5.89. The molecule has 0 unspecified atom stereocenters. The van der Waals surface area contributed by atoms with Gasteiger partial charge in [-0.3, -0.25) is 4.99 Å². The van der Waals surface area contributed by atoms with Crippen LogP contribution in [0.15, 0.2) is 16.8 Å². The van der Waals surface area contributed by atoms with E-state index in [2.05, 4.69) is 38.9 Å². The van der Waals surface area contributed by atoms with Crippen molar-refractivity contribution in [3.63, 3.8) is 0 Å². The van der Waals surface area contributed by atoms with Gasteiger partial charge in [0.15, 0.2) is 0 Å². The fourth-order valence-electron chi connectivity index (χ4n) is 2.02. The number of rotatable bonds is 6. The van der Waals surface area contributed by atoms with Crippen molar-refractivity contribution in [1.82, 2.24) is 0 Å². The first-order chi connectivity index (χ1) is 7.54. The van der Waals surface area contributed by atoms with Crippen LogP contribution in [-0.2, 0) is 0 Å². The van der Waals surface area contributed by atoms with E-state index in [1.807, 2.05) is 0 Å². The van der Waals surface area contributed by atoms with Gasteiger partial charge in [0, 0.05) is 18.3 Å². The van der Waals surface area contributed by atoms with Gasteiger partial charge in [-0.2, -0.15) is 0 Å². The lowest BCUT2D eigenvalue weighted by Gasteiger charge is -2.19. The molecule has 0 N–H and O–H groups in total. The molecule has 1 aliphatic heterocycles. The predicted molar refractivity (Wildman–Crippen MR) is 73.0 cm³/mol. The van der Waals surface area contributed by atoms with Gasteiger partial charge >= 0.3 is 0 Å². The van der Waals surface area contributed by atoms with Crippen LogP contribution < -0.4 is 0 Å². The van der Waals surface area contributed by atoms with Crippen LogP contribution in [0.2, 0.25) is 0 Å². The van der Waals surface area contributed by atoms with E-state index in [0.29, 0.717) is 5.41 Å². The van der Waals surface area contributed by atoms with Crippen molar-refractivity contribution in [2.45, 2.75) is 72.6 Å². The van der Waals surface area contributed by atoms with Crippen molar-refractivity contribution in [2.24, 2.45) is 10.4 Å². The van der Waals surface area contributed by atoms with Crippen molar-refractivity contribution in [3.05, 3.63) is 11.8 Å². The third-order valence-corrected chi connectivity index (χ3v) is 3.33. The van der Waals surface area contributed by atoms with Gasteiger partial charge in [-0.1, -0.05) is 53.4 Å². The number of unbranched alkanes of at least 4 members (excludes halogenated alkanes) is 4. The molecule has 1 rings (SSSR count). The molecule has 1 aliphatic rings. The highest BCUT2D eigenvalue weighted by atomic mass is 14.7. The average molecular weight is 221 g/mol. The normalized spacial score (nSPS) is 16.2. The molecule has 0 radical (unpaired) electrons. The van der Waals surface area contributed by atoms with Crippen molar-refractivity contribution >= 4 is 5.71 Å². The standard InChI is InChI=1S/C15H27N/c1-5-6-7-8-9-10-14-11-13(12-16-14)15(2,3)4/h12H,5-11H2,1-4H3. The average Bonchev–Trinajstić information content (AvgIpc) is 2.65. The minimum atomic E-state index is 0.299. The third-order valence-electron chi connectivity index (χ3n) is 3.33. The second kappa shape index (κ2) is 6.22. The summed E-state index contributed by atoms with van der Waals surface area (Å²) in [7, 11) is 0. The van der Waals surface area contributed by atoms with Crippen molar-refractivity contribution in [2.75, 3.05) is 0 Å². The van der Waals surface area contributed by atoms with E-state index in [9.17, 15) is 0 Å². The molecule has 0 spiro atoms. The van der Waals surface area contributed by atoms with Crippen LogP contribution in [0.25, 0.3) is 0 Å². The second-order valence-corrected chi connectivity index (χ2v) is 5.94. The molecule has 0 aromatic heterocycles. The zero-order chi connectivity index (χ0) is 12.0. The Labute approximate surface area is 101 Å². The van der Waals surface area contributed by atoms with E-state index in [0.717, 1.165) is 6.42 Å². The lowest BCUT2D eigenvalue weighted by Crippen LogP contribution is -2.10. The van der Waals surface area contributed by atoms with Crippen LogP contribution in [0.3, 0.4) is 0 Å². The molecule has 0 atom stereocenters. The molecule has 1 heteroatoms. The van der Waals surface area contributed by atoms with Crippen LogP contribution in [0.5, 0.6) is 0 Å². The van der Waals surface area contributed by atoms with Crippen molar-refractivity contribution in [3.8, 4) is 0 Å². The van der Waals surface area contributed by atoms with Crippen LogP contribution >= 0.6 is 0 Å². The highest BCUT2D eigenvalue weighted by Crippen LogP contribution is 2.32. The van der Waals surface area contributed by atoms with Gasteiger partial charge < -0.3 is 0 Å². The first-order valence-electron chi connectivity index (χ1n) is 6.79. The Kier molecular flexibility index (Phi) is 5.24. The summed E-state index contributed by atoms with van der Waals surface area (Å²) in [5.74, 6) is 0. The summed E-state index contributed by atoms with van der Waals surface area (Å²) < 4.78 is 0. The summed E-state index contributed by atoms with van der Waals surface area (Å²) in [6, 6.07) is 0. The lowest BCUT2D eigenvalue weighted by molar-refractivity contribution is 0.498. The Balaban J connectivity index is 2.15. The minimum Gasteiger partial charge on any atom is -0.265 e. The first kappa shape index (κ1) is 13.5. The molecule has 92 valence electrons. The van der Waals surface area contributed by atoms with Crippen LogP contribution in [-0.4, -0.2) is 5.71 Å². The molecule has 16 heavy (non-hydrogen) atoms. The summed E-state index contributed by atoms with van der Waals surface area (Å²) in [6.07, 6.45) is 11.2. The Morgan fingerprint density at radius 3 is 2.38 bits per heavy atom. The molecule has 1 heterocycles. The molecule has 0 aliphatic carbocycles. The first-order valence-corrected chi connectivity index (χ1v) is 6.79. The fraction of sp³-hybridized carbons (Fsp3) is 0.800. The molecule has 0 fully saturated rings. The zero-order valence-electron chi connectivity index (χ0n) is 11.5. The molecule has 0 bridgehead atoms. The SMILES string of the molecule is CCCCCCCC1=NC=C(C(C)(C)C)C1. The summed E-state index contributed by atoms with van der Waals surface area (Å²) in [5.41, 5.74) is 3.20. The molecule has 0 aromatic carbocycles. The van der Waals surface area contributed by atoms with Gasteiger partial charge in [0.1, 0.15) is 0 Å². The maximum absolute atomic E-state index is 4.56. The van der Waals surface area contributed by atoms with E-state index >= 15 is 0 Å². The maximum Gasteiger partial charge on any atom is 0.0268 e. The van der Waals surface area contributed by atoms with E-state index in [1.165, 1.54) is 49.8 Å². The van der Waals surface area contributed by atoms with Gasteiger partial charge in [-0.05, 0) is 23.8 Å². The van der Waals surface area contributed by atoms with E-state index in [1.54, 1.807) is 0 Å². The summed E-state index contributed by atoms with van der Waals surface area (Å²) >= 11 is 0. The number of aliphatic imine (C=N–C) groups is 1. The topological polar surface area (TPSA) is 12.4 Å². The number of nitrogens with zero attached hydrogens (tertiary/aromatic N) is 1. The molecule has 1 nitrogen and oxygen atoms in total. The second-order valence-electron chi connectivity index (χ2n) is 5.94. The van der Waals surface area contributed by atoms with Crippen LogP contribution in [0.1, 0.15) is 72.6 Å². The van der Waals surface area contributed by atoms with E-state index in [-0.39, 0.29) is 0 Å². The number of hydrogen-bond donors (Lipinski definition) is 0. The zero-order valence-corrected chi connectivity index (χ0v) is 11.5. The summed E-state index contributed by atoms with van der Waals surface area (Å²) in [4.78, 5) is 4.56. The lowest BCUT2D eigenvalue weighted by atomic mass is 9.84. The van der Waals surface area contributed by atoms with E-state index < -0.39 is 0 Å². The summed E-state index contributed by atoms with van der Waals surface area (Å²) in [6.45, 7) is 9.09. The van der Waals surface area contributed by atoms with Crippen LogP contribution in [0.4, 0.5) is 0 Å². The third kappa shape index (κ3) is 4.51. The monoisotopic (exact) mass is 221 g/mol. The molecular formula is C15H27N. The Morgan fingerprint density at radius 2 is 1.81 bits per heavy atom. The molecule has 0 saturated carbocycles. The predicted octanol–water partition coefficient (Wildman–Crippen LogP) is 5.12. The molecular weight excluding hydrogens is 194 g/mol. The van der Waals surface area contributed by atoms with Crippen molar-refractivity contribution in [1.29, 1.82) is 0 Å². The van der Waals surface area contributed by atoms with Gasteiger partial charge in [-0.15, -0.1) is 0 Å². The Hall–Kier alpha value is -0.590. The minimum absolute atomic E-state index is 0.299. The van der Waals surface area contributed by atoms with Gasteiger partial charge in [0.2, 0.25) is 0 Å². The number of hydrogen-bond acceptors (Lipinski definition) is 1. The smallest absolute Gasteiger partial charge is 0.0268 e. The highest BCUT2D eigenvalue weighted by Gasteiger charge is 2.21. The maximum atomic E-state index is 4.56. The van der Waals surface area contributed by atoms with E-state index in [4.69, 9.17) is 0 Å². The summed E-state index contributed by atoms with van der Waals surface area (Å²) in [5, 5.41) is 0. The Bertz CT molecular complexity index is 266. The van der Waals surface area contributed by atoms with Crippen molar-refractivity contribution < 1.29 is 0 Å². The molecule has 0 aromatic rings. The van der Waals surface area contributed by atoms with Crippen LogP contribution in [0, 0.1) is 5.41 Å². The molecule has 0 saturated heterocycles. The fourth-order valence-corrected chi connectivity index (χ4v) is 2.02. The quantitative estimate of drug-likeness (QED) is 0.552.